The van der Waals surface area contributed by atoms with Crippen LogP contribution in [0.4, 0.5) is 5.13 Å². The Morgan fingerprint density at radius 3 is 2.79 bits per heavy atom. The normalized spacial score (nSPS) is 11.2. The topological polar surface area (TPSA) is 59.8 Å². The van der Waals surface area contributed by atoms with E-state index in [0.717, 1.165) is 17.0 Å². The summed E-state index contributed by atoms with van der Waals surface area (Å²) in [5.41, 5.74) is 2.41. The van der Waals surface area contributed by atoms with Gasteiger partial charge in [0, 0.05) is 24.1 Å². The van der Waals surface area contributed by atoms with E-state index in [4.69, 9.17) is 11.6 Å². The fraction of sp³-hybridized carbons (Fsp3) is 0.250. The van der Waals surface area contributed by atoms with E-state index >= 15 is 0 Å². The second kappa shape index (κ2) is 5.54. The lowest BCUT2D eigenvalue weighted by Gasteiger charge is -1.96. The van der Waals surface area contributed by atoms with Gasteiger partial charge in [-0.1, -0.05) is 11.6 Å². The molecule has 19 heavy (non-hydrogen) atoms. The molecule has 2 aromatic rings. The number of anilines is 1. The van der Waals surface area contributed by atoms with Crippen LogP contribution >= 0.6 is 22.9 Å². The Morgan fingerprint density at radius 1 is 1.53 bits per heavy atom. The van der Waals surface area contributed by atoms with Gasteiger partial charge in [-0.05, 0) is 19.9 Å². The SMILES string of the molecule is Cc1csc(NC(=O)/C=C/c2c(C)nn(C)c2Cl)n1. The predicted molar refractivity (Wildman–Crippen MR) is 77.5 cm³/mol. The molecule has 0 bridgehead atoms. The average molecular weight is 297 g/mol. The predicted octanol–water partition coefficient (Wildman–Crippen LogP) is 2.80. The highest BCUT2D eigenvalue weighted by atomic mass is 35.5. The molecule has 0 saturated heterocycles. The van der Waals surface area contributed by atoms with Gasteiger partial charge in [-0.15, -0.1) is 11.3 Å². The summed E-state index contributed by atoms with van der Waals surface area (Å²) in [6, 6.07) is 0. The first-order valence-corrected chi connectivity index (χ1v) is 6.83. The van der Waals surface area contributed by atoms with Gasteiger partial charge in [-0.25, -0.2) is 4.98 Å². The van der Waals surface area contributed by atoms with Crippen molar-refractivity contribution in [2.75, 3.05) is 5.32 Å². The minimum Gasteiger partial charge on any atom is -0.298 e. The van der Waals surface area contributed by atoms with Crippen LogP contribution in [0.5, 0.6) is 0 Å². The summed E-state index contributed by atoms with van der Waals surface area (Å²) in [4.78, 5) is 15.9. The molecule has 2 aromatic heterocycles. The second-order valence-corrected chi connectivity index (χ2v) is 5.25. The van der Waals surface area contributed by atoms with E-state index in [-0.39, 0.29) is 5.91 Å². The van der Waals surface area contributed by atoms with E-state index in [9.17, 15) is 4.79 Å². The van der Waals surface area contributed by atoms with Crippen LogP contribution in [0.15, 0.2) is 11.5 Å². The van der Waals surface area contributed by atoms with E-state index in [1.807, 2.05) is 19.2 Å². The molecule has 0 aromatic carbocycles. The quantitative estimate of drug-likeness (QED) is 0.886. The standard InChI is InChI=1S/C12H13ClN4OS/c1-7-6-19-12(14-7)15-10(18)5-4-9-8(2)16-17(3)11(9)13/h4-6H,1-3H3,(H,14,15,18)/b5-4+. The molecule has 2 heterocycles. The van der Waals surface area contributed by atoms with Crippen LogP contribution in [0.25, 0.3) is 6.08 Å². The van der Waals surface area contributed by atoms with Gasteiger partial charge >= 0.3 is 0 Å². The minimum absolute atomic E-state index is 0.242. The largest absolute Gasteiger partial charge is 0.298 e. The Labute approximate surface area is 119 Å². The number of carbonyl (C=O) groups is 1. The summed E-state index contributed by atoms with van der Waals surface area (Å²) in [5, 5.41) is 9.82. The highest BCUT2D eigenvalue weighted by Crippen LogP contribution is 2.20. The van der Waals surface area contributed by atoms with Crippen molar-refractivity contribution in [3.63, 3.8) is 0 Å². The van der Waals surface area contributed by atoms with Crippen LogP contribution < -0.4 is 5.32 Å². The van der Waals surface area contributed by atoms with Crippen molar-refractivity contribution in [3.8, 4) is 0 Å². The number of aromatic nitrogens is 3. The summed E-state index contributed by atoms with van der Waals surface area (Å²) < 4.78 is 1.57. The van der Waals surface area contributed by atoms with E-state index in [2.05, 4.69) is 15.4 Å². The maximum absolute atomic E-state index is 11.7. The van der Waals surface area contributed by atoms with Crippen molar-refractivity contribution in [2.24, 2.45) is 7.05 Å². The Hall–Kier alpha value is -1.66. The highest BCUT2D eigenvalue weighted by Gasteiger charge is 2.08. The first-order valence-electron chi connectivity index (χ1n) is 5.57. The smallest absolute Gasteiger partial charge is 0.250 e. The molecular formula is C12H13ClN4OS. The monoisotopic (exact) mass is 296 g/mol. The first kappa shape index (κ1) is 13.8. The Balaban J connectivity index is 2.08. The van der Waals surface area contributed by atoms with E-state index in [1.165, 1.54) is 17.4 Å². The maximum atomic E-state index is 11.7. The van der Waals surface area contributed by atoms with Crippen molar-refractivity contribution >= 4 is 40.1 Å². The van der Waals surface area contributed by atoms with E-state index in [1.54, 1.807) is 17.8 Å². The number of hydrogen-bond acceptors (Lipinski definition) is 4. The van der Waals surface area contributed by atoms with E-state index < -0.39 is 0 Å². The lowest BCUT2D eigenvalue weighted by atomic mass is 10.2. The maximum Gasteiger partial charge on any atom is 0.250 e. The molecule has 0 aliphatic carbocycles. The first-order chi connectivity index (χ1) is 8.97. The van der Waals surface area contributed by atoms with Gasteiger partial charge in [0.15, 0.2) is 5.13 Å². The van der Waals surface area contributed by atoms with Crippen molar-refractivity contribution < 1.29 is 4.79 Å². The number of nitrogens with zero attached hydrogens (tertiary/aromatic N) is 3. The molecule has 0 saturated carbocycles. The van der Waals surface area contributed by atoms with Crippen LogP contribution in [-0.4, -0.2) is 20.7 Å². The van der Waals surface area contributed by atoms with Crippen molar-refractivity contribution in [1.29, 1.82) is 0 Å². The molecule has 7 heteroatoms. The molecule has 0 spiro atoms. The number of carbonyl (C=O) groups excluding carboxylic acids is 1. The molecule has 0 aliphatic heterocycles. The van der Waals surface area contributed by atoms with Crippen LogP contribution in [0.3, 0.4) is 0 Å². The molecule has 0 aliphatic rings. The zero-order chi connectivity index (χ0) is 14.0. The van der Waals surface area contributed by atoms with Gasteiger partial charge in [0.1, 0.15) is 5.15 Å². The fourth-order valence-electron chi connectivity index (χ4n) is 1.55. The summed E-state index contributed by atoms with van der Waals surface area (Å²) in [6.45, 7) is 3.72. The van der Waals surface area contributed by atoms with Crippen LogP contribution in [0.1, 0.15) is 17.0 Å². The second-order valence-electron chi connectivity index (χ2n) is 4.03. The molecule has 5 nitrogen and oxygen atoms in total. The third kappa shape index (κ3) is 3.21. The third-order valence-electron chi connectivity index (χ3n) is 2.45. The number of aryl methyl sites for hydroxylation is 3. The van der Waals surface area contributed by atoms with Gasteiger partial charge in [-0.2, -0.15) is 5.10 Å². The molecule has 1 amide bonds. The van der Waals surface area contributed by atoms with Crippen molar-refractivity contribution in [1.82, 2.24) is 14.8 Å². The summed E-state index contributed by atoms with van der Waals surface area (Å²) in [5.74, 6) is -0.242. The molecule has 2 rings (SSSR count). The lowest BCUT2D eigenvalue weighted by molar-refractivity contribution is -0.111. The fourth-order valence-corrected chi connectivity index (χ4v) is 2.48. The highest BCUT2D eigenvalue weighted by molar-refractivity contribution is 7.13. The summed E-state index contributed by atoms with van der Waals surface area (Å²) in [7, 11) is 1.76. The zero-order valence-electron chi connectivity index (χ0n) is 10.8. The van der Waals surface area contributed by atoms with Crippen LogP contribution in [0.2, 0.25) is 5.15 Å². The molecule has 0 fully saturated rings. The zero-order valence-corrected chi connectivity index (χ0v) is 12.3. The number of hydrogen-bond donors (Lipinski definition) is 1. The molecule has 1 N–H and O–H groups in total. The molecule has 0 radical (unpaired) electrons. The number of amides is 1. The number of halogens is 1. The van der Waals surface area contributed by atoms with Gasteiger partial charge in [-0.3, -0.25) is 14.8 Å². The third-order valence-corrected chi connectivity index (χ3v) is 3.77. The van der Waals surface area contributed by atoms with Gasteiger partial charge < -0.3 is 0 Å². The molecule has 100 valence electrons. The molecule has 0 atom stereocenters. The Bertz CT molecular complexity index is 644. The Morgan fingerprint density at radius 2 is 2.26 bits per heavy atom. The van der Waals surface area contributed by atoms with Gasteiger partial charge in [0.25, 0.3) is 0 Å². The van der Waals surface area contributed by atoms with Crippen molar-refractivity contribution in [3.05, 3.63) is 33.6 Å². The van der Waals surface area contributed by atoms with E-state index in [0.29, 0.717) is 10.3 Å². The van der Waals surface area contributed by atoms with Crippen LogP contribution in [0, 0.1) is 13.8 Å². The van der Waals surface area contributed by atoms with Gasteiger partial charge in [0.05, 0.1) is 11.4 Å². The number of thiazole rings is 1. The molecular weight excluding hydrogens is 284 g/mol. The average Bonchev–Trinajstić information content (AvgIpc) is 2.83. The van der Waals surface area contributed by atoms with Gasteiger partial charge in [0.2, 0.25) is 5.91 Å². The number of nitrogens with one attached hydrogen (secondary N) is 1. The Kier molecular flexibility index (Phi) is 4.01. The summed E-state index contributed by atoms with van der Waals surface area (Å²) in [6.07, 6.45) is 3.08. The molecule has 0 unspecified atom stereocenters. The van der Waals surface area contributed by atoms with Crippen molar-refractivity contribution in [2.45, 2.75) is 13.8 Å². The lowest BCUT2D eigenvalue weighted by Crippen LogP contribution is -2.07. The minimum atomic E-state index is -0.242. The number of rotatable bonds is 3. The summed E-state index contributed by atoms with van der Waals surface area (Å²) >= 11 is 7.46. The van der Waals surface area contributed by atoms with Crippen LogP contribution in [-0.2, 0) is 11.8 Å².